The second kappa shape index (κ2) is 10.8. The summed E-state index contributed by atoms with van der Waals surface area (Å²) in [5.74, 6) is 0. The first-order chi connectivity index (χ1) is 24.9. The third kappa shape index (κ3) is 4.43. The number of hydrogen-bond acceptors (Lipinski definition) is 2. The second-order valence-electron chi connectivity index (χ2n) is 11.4. The summed E-state index contributed by atoms with van der Waals surface area (Å²) in [6, 6.07) is 47.9. The number of benzene rings is 8. The maximum Gasteiger partial charge on any atom is 0.143 e. The molecule has 0 aliphatic carbocycles. The summed E-state index contributed by atoms with van der Waals surface area (Å²) in [6.07, 6.45) is 0. The van der Waals surface area contributed by atoms with Crippen LogP contribution < -0.4 is 4.90 Å². The van der Waals surface area contributed by atoms with Crippen LogP contribution in [0.2, 0.25) is 0 Å². The minimum atomic E-state index is -0.405. The van der Waals surface area contributed by atoms with Crippen molar-refractivity contribution in [1.29, 1.82) is 0 Å². The van der Waals surface area contributed by atoms with E-state index in [1.807, 2.05) is 36.4 Å². The Hall–Kier alpha value is -6.12. The number of nitrogens with zero attached hydrogens (tertiary/aromatic N) is 1. The van der Waals surface area contributed by atoms with E-state index < -0.39 is 6.04 Å². The summed E-state index contributed by atoms with van der Waals surface area (Å²) in [7, 11) is 0. The van der Waals surface area contributed by atoms with Crippen LogP contribution in [0.4, 0.5) is 17.1 Å². The van der Waals surface area contributed by atoms with E-state index in [0.717, 1.165) is 60.9 Å². The number of furan rings is 1. The maximum absolute atomic E-state index is 8.50. The third-order valence-corrected chi connectivity index (χ3v) is 8.75. The van der Waals surface area contributed by atoms with E-state index in [4.69, 9.17) is 11.3 Å². The monoisotopic (exact) mass is 592 g/mol. The highest BCUT2D eigenvalue weighted by atomic mass is 16.3. The molecular weight excluding hydrogens is 558 g/mol. The molecule has 0 aliphatic heterocycles. The highest BCUT2D eigenvalue weighted by molar-refractivity contribution is 6.15. The maximum atomic E-state index is 8.50. The van der Waals surface area contributed by atoms with Gasteiger partial charge in [0.25, 0.3) is 0 Å². The molecule has 0 N–H and O–H groups in total. The molecule has 9 aromatic rings. The molecule has 9 rings (SSSR count). The summed E-state index contributed by atoms with van der Waals surface area (Å²) in [5.41, 5.74) is 7.26. The molecule has 2 heteroatoms. The van der Waals surface area contributed by atoms with Gasteiger partial charge >= 0.3 is 0 Å². The quantitative estimate of drug-likeness (QED) is 0.198. The zero-order chi connectivity index (χ0) is 34.8. The number of anilines is 3. The Bertz CT molecular complexity index is 2770. The fraction of sp³-hybridized carbons (Fsp3) is 0. The topological polar surface area (TPSA) is 16.4 Å². The fourth-order valence-electron chi connectivity index (χ4n) is 6.52. The van der Waals surface area contributed by atoms with Crippen molar-refractivity contribution in [1.82, 2.24) is 0 Å². The van der Waals surface area contributed by atoms with Crippen LogP contribution >= 0.6 is 0 Å². The van der Waals surface area contributed by atoms with E-state index in [1.54, 1.807) is 0 Å². The molecule has 0 unspecified atom stereocenters. The number of rotatable bonds is 5. The normalized spacial score (nSPS) is 13.0. The lowest BCUT2D eigenvalue weighted by Gasteiger charge is -2.26. The first-order valence-corrected chi connectivity index (χ1v) is 15.3. The van der Waals surface area contributed by atoms with Crippen LogP contribution in [-0.2, 0) is 0 Å². The van der Waals surface area contributed by atoms with Crippen molar-refractivity contribution in [2.75, 3.05) is 4.90 Å². The van der Waals surface area contributed by atoms with Gasteiger partial charge in [0.2, 0.25) is 0 Å². The van der Waals surface area contributed by atoms with E-state index in [2.05, 4.69) is 114 Å². The van der Waals surface area contributed by atoms with Gasteiger partial charge in [-0.1, -0.05) is 127 Å². The highest BCUT2D eigenvalue weighted by Gasteiger charge is 2.17. The smallest absolute Gasteiger partial charge is 0.143 e. The average Bonchev–Trinajstić information content (AvgIpc) is 3.56. The van der Waals surface area contributed by atoms with E-state index in [-0.39, 0.29) is 29.7 Å². The van der Waals surface area contributed by atoms with Crippen molar-refractivity contribution in [3.63, 3.8) is 0 Å². The molecule has 1 heterocycles. The van der Waals surface area contributed by atoms with Gasteiger partial charge in [-0.05, 0) is 80.9 Å². The minimum Gasteiger partial charge on any atom is -0.455 e. The Morgan fingerprint density at radius 2 is 1.04 bits per heavy atom. The molecule has 1 aromatic heterocycles. The molecule has 0 radical (unpaired) electrons. The zero-order valence-corrected chi connectivity index (χ0v) is 24.7. The predicted molar refractivity (Wildman–Crippen MR) is 194 cm³/mol. The highest BCUT2D eigenvalue weighted by Crippen LogP contribution is 2.41. The Balaban J connectivity index is 1.19. The van der Waals surface area contributed by atoms with Gasteiger partial charge in [-0.15, -0.1) is 0 Å². The molecular formula is C44H29NO. The van der Waals surface area contributed by atoms with Crippen LogP contribution in [0.1, 0.15) is 6.85 Å². The van der Waals surface area contributed by atoms with Crippen LogP contribution in [0.25, 0.3) is 65.7 Å². The molecule has 2 nitrogen and oxygen atoms in total. The fourth-order valence-corrected chi connectivity index (χ4v) is 6.52. The third-order valence-electron chi connectivity index (χ3n) is 8.75. The van der Waals surface area contributed by atoms with E-state index >= 15 is 0 Å². The zero-order valence-electron chi connectivity index (χ0n) is 29.7. The van der Waals surface area contributed by atoms with Gasteiger partial charge in [-0.25, -0.2) is 0 Å². The van der Waals surface area contributed by atoms with Gasteiger partial charge in [0.1, 0.15) is 11.2 Å². The Morgan fingerprint density at radius 1 is 0.435 bits per heavy atom. The minimum absolute atomic E-state index is 0.175. The van der Waals surface area contributed by atoms with Gasteiger partial charge in [0.15, 0.2) is 0 Å². The first kappa shape index (κ1) is 21.6. The van der Waals surface area contributed by atoms with Gasteiger partial charge < -0.3 is 9.32 Å². The standard InChI is InChI=1S/C44H29NO/c1-2-9-30(10-3-1)31-17-22-35(23-18-31)45(36-24-19-34(20-25-36)39-16-8-13-32-11-4-6-14-38(32)39)37-26-28-41-42-27-21-33-12-5-7-15-40(33)44(42)46-43(41)29-37/h1-29H/i1D,2D,3D,9D,10D. The van der Waals surface area contributed by atoms with Gasteiger partial charge in [-0.3, -0.25) is 0 Å². The van der Waals surface area contributed by atoms with Gasteiger partial charge in [-0.2, -0.15) is 0 Å². The summed E-state index contributed by atoms with van der Waals surface area (Å²) in [4.78, 5) is 2.14. The lowest BCUT2D eigenvalue weighted by atomic mass is 9.98. The van der Waals surface area contributed by atoms with E-state index in [9.17, 15) is 0 Å². The van der Waals surface area contributed by atoms with Crippen molar-refractivity contribution < 1.29 is 11.3 Å². The molecule has 8 aromatic carbocycles. The van der Waals surface area contributed by atoms with Crippen molar-refractivity contribution in [2.24, 2.45) is 0 Å². The molecule has 0 bridgehead atoms. The number of hydrogen-bond donors (Lipinski definition) is 0. The van der Waals surface area contributed by atoms with Crippen LogP contribution in [0, 0.1) is 0 Å². The molecule has 0 saturated carbocycles. The van der Waals surface area contributed by atoms with Crippen LogP contribution in [0.5, 0.6) is 0 Å². The van der Waals surface area contributed by atoms with Gasteiger partial charge in [0.05, 0.1) is 6.85 Å². The molecule has 0 amide bonds. The van der Waals surface area contributed by atoms with Crippen LogP contribution in [-0.4, -0.2) is 0 Å². The Kier molecular flexibility index (Phi) is 5.06. The average molecular weight is 593 g/mol. The van der Waals surface area contributed by atoms with Crippen molar-refractivity contribution in [3.8, 4) is 22.3 Å². The van der Waals surface area contributed by atoms with Crippen molar-refractivity contribution in [2.45, 2.75) is 0 Å². The SMILES string of the molecule is [2H]c1c([2H])c([2H])c(-c2ccc(N(c3ccc(-c4cccc5ccccc45)cc3)c3ccc4c(c3)oc3c5ccccc5ccc43)cc2)c([2H])c1[2H]. The predicted octanol–water partition coefficient (Wildman–Crippen LogP) is 12.7. The molecule has 0 spiro atoms. The van der Waals surface area contributed by atoms with E-state index in [0.29, 0.717) is 5.56 Å². The van der Waals surface area contributed by atoms with Crippen molar-refractivity contribution in [3.05, 3.63) is 176 Å². The van der Waals surface area contributed by atoms with Crippen LogP contribution in [0.3, 0.4) is 0 Å². The van der Waals surface area contributed by atoms with E-state index in [1.165, 1.54) is 10.8 Å². The largest absolute Gasteiger partial charge is 0.455 e. The molecule has 0 fully saturated rings. The summed E-state index contributed by atoms with van der Waals surface area (Å²) in [6.45, 7) is 0. The first-order valence-electron chi connectivity index (χ1n) is 17.8. The summed E-state index contributed by atoms with van der Waals surface area (Å²) < 4.78 is 47.9. The Morgan fingerprint density at radius 3 is 1.80 bits per heavy atom. The lowest BCUT2D eigenvalue weighted by molar-refractivity contribution is 0.672. The second-order valence-corrected chi connectivity index (χ2v) is 11.4. The molecule has 46 heavy (non-hydrogen) atoms. The number of fused-ring (bicyclic) bond motifs is 6. The molecule has 216 valence electrons. The Labute approximate surface area is 274 Å². The molecule has 0 saturated heterocycles. The lowest BCUT2D eigenvalue weighted by Crippen LogP contribution is -2.09. The van der Waals surface area contributed by atoms with Crippen LogP contribution in [0.15, 0.2) is 180 Å². The molecule has 0 aliphatic rings. The molecule has 0 atom stereocenters. The summed E-state index contributed by atoms with van der Waals surface area (Å²) in [5, 5.41) is 6.65. The van der Waals surface area contributed by atoms with Gasteiger partial charge in [0, 0.05) is 39.3 Å². The summed E-state index contributed by atoms with van der Waals surface area (Å²) >= 11 is 0. The van der Waals surface area contributed by atoms with Crippen molar-refractivity contribution >= 4 is 60.5 Å².